The van der Waals surface area contributed by atoms with E-state index in [0.717, 1.165) is 43.8 Å². The Morgan fingerprint density at radius 1 is 0.824 bits per heavy atom. The lowest BCUT2D eigenvalue weighted by Crippen LogP contribution is -2.45. The number of likely N-dealkylation sites (N-methyl/N-ethyl adjacent to an activating group) is 1. The van der Waals surface area contributed by atoms with E-state index in [1.807, 2.05) is 56.3 Å². The van der Waals surface area contributed by atoms with E-state index >= 15 is 0 Å². The number of carboxylic acid groups (broad SMARTS) is 1. The highest BCUT2D eigenvalue weighted by molar-refractivity contribution is 6.32. The smallest absolute Gasteiger partial charge is 0.410 e. The minimum absolute atomic E-state index is 0.00963. The van der Waals surface area contributed by atoms with Crippen LogP contribution >= 0.6 is 11.6 Å². The average Bonchev–Trinajstić information content (AvgIpc) is 3.38. The fourth-order valence-corrected chi connectivity index (χ4v) is 8.09. The Hall–Kier alpha value is -7.19. The van der Waals surface area contributed by atoms with Gasteiger partial charge in [-0.15, -0.1) is 0 Å². The number of aliphatic hydroxyl groups is 2. The molecule has 68 heavy (non-hydrogen) atoms. The van der Waals surface area contributed by atoms with Crippen molar-refractivity contribution in [3.8, 4) is 39.8 Å². The number of fused-ring (bicyclic) bond motifs is 1. The van der Waals surface area contributed by atoms with Crippen LogP contribution in [0, 0.1) is 25.2 Å². The number of carbonyl (C=O) groups excluding carboxylic acids is 3. The number of hydrogen-bond donors (Lipinski definition) is 3. The summed E-state index contributed by atoms with van der Waals surface area (Å²) in [4.78, 5) is 61.8. The maximum Gasteiger partial charge on any atom is 0.410 e. The van der Waals surface area contributed by atoms with Gasteiger partial charge < -0.3 is 49.1 Å². The van der Waals surface area contributed by atoms with Crippen LogP contribution in [0.3, 0.4) is 0 Å². The van der Waals surface area contributed by atoms with Crippen LogP contribution < -0.4 is 14.4 Å². The van der Waals surface area contributed by atoms with Crippen molar-refractivity contribution >= 4 is 41.3 Å². The molecule has 6 rings (SSSR count). The Labute approximate surface area is 400 Å². The minimum atomic E-state index is -1.23. The van der Waals surface area contributed by atoms with E-state index in [1.165, 1.54) is 20.9 Å². The van der Waals surface area contributed by atoms with Gasteiger partial charge in [0, 0.05) is 62.8 Å². The van der Waals surface area contributed by atoms with Crippen LogP contribution in [0.25, 0.3) is 22.3 Å². The van der Waals surface area contributed by atoms with Crippen LogP contribution in [0.5, 0.6) is 11.5 Å². The summed E-state index contributed by atoms with van der Waals surface area (Å²) in [5, 5.41) is 38.5. The van der Waals surface area contributed by atoms with E-state index in [0.29, 0.717) is 33.7 Å². The largest absolute Gasteiger partial charge is 0.488 e. The molecule has 0 fully saturated rings. The first kappa shape index (κ1) is 50.2. The lowest BCUT2D eigenvalue weighted by molar-refractivity contribution is -0.119. The summed E-state index contributed by atoms with van der Waals surface area (Å²) >= 11 is 6.77. The second-order valence-electron chi connectivity index (χ2n) is 17.3. The molecule has 1 aliphatic rings. The first-order valence-electron chi connectivity index (χ1n) is 21.9. The molecule has 2 heterocycles. The van der Waals surface area contributed by atoms with Crippen molar-refractivity contribution in [1.29, 1.82) is 5.26 Å². The normalized spacial score (nSPS) is 12.5. The molecule has 0 unspecified atom stereocenters. The number of hydrogen-bond acceptors (Lipinski definition) is 11. The van der Waals surface area contributed by atoms with Crippen molar-refractivity contribution in [3.63, 3.8) is 0 Å². The van der Waals surface area contributed by atoms with Gasteiger partial charge in [-0.2, -0.15) is 5.26 Å². The summed E-state index contributed by atoms with van der Waals surface area (Å²) in [6.07, 6.45) is 1.15. The molecular formula is C51H55ClN6O10. The lowest BCUT2D eigenvalue weighted by Gasteiger charge is -2.29. The number of ether oxygens (including phenoxy) is 3. The number of halogens is 1. The number of nitriles is 1. The number of benzene rings is 4. The number of aliphatic hydroxyl groups excluding tert-OH is 2. The monoisotopic (exact) mass is 946 g/mol. The molecule has 16 nitrogen and oxygen atoms in total. The number of rotatable bonds is 17. The third-order valence-electron chi connectivity index (χ3n) is 11.4. The third-order valence-corrected chi connectivity index (χ3v) is 11.6. The molecule has 4 aromatic carbocycles. The molecule has 0 saturated carbocycles. The molecule has 4 amide bonds. The predicted molar refractivity (Wildman–Crippen MR) is 256 cm³/mol. The molecule has 1 aromatic heterocycles. The number of carbonyl (C=O) groups is 4. The van der Waals surface area contributed by atoms with Gasteiger partial charge in [-0.3, -0.25) is 14.6 Å². The zero-order valence-corrected chi connectivity index (χ0v) is 39.7. The van der Waals surface area contributed by atoms with Crippen LogP contribution in [-0.4, -0.2) is 118 Å². The molecule has 356 valence electrons. The van der Waals surface area contributed by atoms with Crippen molar-refractivity contribution in [1.82, 2.24) is 19.7 Å². The van der Waals surface area contributed by atoms with Crippen LogP contribution in [0.1, 0.15) is 64.5 Å². The molecule has 5 aromatic rings. The fourth-order valence-electron chi connectivity index (χ4n) is 7.85. The van der Waals surface area contributed by atoms with Crippen LogP contribution in [0.4, 0.5) is 15.3 Å². The van der Waals surface area contributed by atoms with Crippen molar-refractivity contribution in [2.75, 3.05) is 57.9 Å². The summed E-state index contributed by atoms with van der Waals surface area (Å²) in [6, 6.07) is 24.1. The highest BCUT2D eigenvalue weighted by atomic mass is 35.5. The van der Waals surface area contributed by atoms with Crippen molar-refractivity contribution in [3.05, 3.63) is 129 Å². The summed E-state index contributed by atoms with van der Waals surface area (Å²) in [5.41, 5.74) is 7.68. The number of pyridine rings is 1. The van der Waals surface area contributed by atoms with E-state index < -0.39 is 17.8 Å². The van der Waals surface area contributed by atoms with Gasteiger partial charge in [0.25, 0.3) is 5.91 Å². The summed E-state index contributed by atoms with van der Waals surface area (Å²) < 4.78 is 18.0. The van der Waals surface area contributed by atoms with Crippen molar-refractivity contribution in [2.24, 2.45) is 0 Å². The van der Waals surface area contributed by atoms with Crippen LogP contribution in [0.15, 0.2) is 85.2 Å². The molecule has 0 radical (unpaired) electrons. The van der Waals surface area contributed by atoms with Crippen molar-refractivity contribution < 1.29 is 48.7 Å². The predicted octanol–water partition coefficient (Wildman–Crippen LogP) is 7.84. The SMILES string of the molecule is Cc1c(COc2cc(OCc3cncc(C#N)c3)c(CN(CCO)C(=O)O)cc2Cl)cccc1-c1cccc(-c2ccc3c(c2)C(=O)N(C)CC(=O)N3CCN(CCO)C(=O)OC(C)(C)C)c1C. The summed E-state index contributed by atoms with van der Waals surface area (Å²) in [5.74, 6) is -0.0590. The number of amides is 4. The third kappa shape index (κ3) is 12.0. The van der Waals surface area contributed by atoms with Gasteiger partial charge in [0.1, 0.15) is 42.9 Å². The van der Waals surface area contributed by atoms with Gasteiger partial charge >= 0.3 is 12.2 Å². The second kappa shape index (κ2) is 22.1. The molecule has 0 bridgehead atoms. The Morgan fingerprint density at radius 2 is 1.50 bits per heavy atom. The molecular weight excluding hydrogens is 892 g/mol. The molecule has 0 atom stereocenters. The van der Waals surface area contributed by atoms with Gasteiger partial charge in [-0.25, -0.2) is 9.59 Å². The fraction of sp³-hybridized carbons (Fsp3) is 0.333. The highest BCUT2D eigenvalue weighted by Crippen LogP contribution is 2.39. The number of aromatic nitrogens is 1. The first-order valence-corrected chi connectivity index (χ1v) is 22.3. The maximum atomic E-state index is 13.9. The molecule has 0 saturated heterocycles. The molecule has 17 heteroatoms. The topological polar surface area (TPSA) is 206 Å². The molecule has 3 N–H and O–H groups in total. The standard InChI is InChI=1S/C51H55ClN6O10/c1-32-37(31-67-46-24-45(66-30-35-21-34(25-53)26-54-27-35)38(23-43(46)52)28-57(18-20-60)49(63)64)9-7-11-40(32)41-12-8-10-39(33(41)2)36-13-14-44-42(22-36)48(62)55(6)29-47(61)58(44)16-15-56(17-19-59)50(65)68-51(3,4)5/h7-14,21-24,26-27,59-60H,15-20,28-31H2,1-6H3,(H,63,64). The van der Waals surface area contributed by atoms with Gasteiger partial charge in [-0.1, -0.05) is 54.1 Å². The van der Waals surface area contributed by atoms with Gasteiger partial charge in [-0.05, 0) is 97.8 Å². The number of anilines is 1. The van der Waals surface area contributed by atoms with Crippen LogP contribution in [-0.2, 0) is 29.3 Å². The zero-order chi connectivity index (χ0) is 49.3. The quantitative estimate of drug-likeness (QED) is 0.0816. The Bertz CT molecular complexity index is 2730. The lowest BCUT2D eigenvalue weighted by atomic mass is 9.89. The summed E-state index contributed by atoms with van der Waals surface area (Å²) in [7, 11) is 1.58. The van der Waals surface area contributed by atoms with E-state index in [2.05, 4.69) is 11.1 Å². The highest BCUT2D eigenvalue weighted by Gasteiger charge is 2.32. The first-order chi connectivity index (χ1) is 32.4. The van der Waals surface area contributed by atoms with Crippen LogP contribution in [0.2, 0.25) is 5.02 Å². The molecule has 0 aliphatic carbocycles. The Kier molecular flexibility index (Phi) is 16.3. The average molecular weight is 947 g/mol. The maximum absolute atomic E-state index is 13.9. The van der Waals surface area contributed by atoms with Crippen molar-refractivity contribution in [2.45, 2.75) is 60.0 Å². The Balaban J connectivity index is 1.27. The molecule has 0 spiro atoms. The van der Waals surface area contributed by atoms with E-state index in [9.17, 15) is 39.8 Å². The molecule has 1 aliphatic heterocycles. The zero-order valence-electron chi connectivity index (χ0n) is 38.9. The van der Waals surface area contributed by atoms with Gasteiger partial charge in [0.15, 0.2) is 0 Å². The van der Waals surface area contributed by atoms with E-state index in [-0.39, 0.29) is 88.3 Å². The van der Waals surface area contributed by atoms with E-state index in [1.54, 1.807) is 64.3 Å². The number of nitrogens with zero attached hydrogens (tertiary/aromatic N) is 6. The minimum Gasteiger partial charge on any atom is -0.488 e. The Morgan fingerprint density at radius 3 is 2.19 bits per heavy atom. The van der Waals surface area contributed by atoms with Gasteiger partial charge in [0.2, 0.25) is 5.91 Å². The van der Waals surface area contributed by atoms with Gasteiger partial charge in [0.05, 0.1) is 41.6 Å². The summed E-state index contributed by atoms with van der Waals surface area (Å²) in [6.45, 7) is 8.44. The van der Waals surface area contributed by atoms with E-state index in [4.69, 9.17) is 25.8 Å². The second-order valence-corrected chi connectivity index (χ2v) is 17.7.